The van der Waals surface area contributed by atoms with Gasteiger partial charge in [0, 0.05) is 22.7 Å². The molecular formula is C20H17BrN2O5. The van der Waals surface area contributed by atoms with E-state index < -0.39 is 5.91 Å². The summed E-state index contributed by atoms with van der Waals surface area (Å²) in [6.07, 6.45) is 6.37. The number of hydrogen-bond donors (Lipinski definition) is 3. The normalized spacial score (nSPS) is 12.5. The van der Waals surface area contributed by atoms with E-state index >= 15 is 0 Å². The molecule has 0 bridgehead atoms. The van der Waals surface area contributed by atoms with Crippen LogP contribution in [0.1, 0.15) is 21.5 Å². The van der Waals surface area contributed by atoms with Crippen LogP contribution in [0.3, 0.4) is 0 Å². The molecule has 0 aromatic heterocycles. The monoisotopic (exact) mass is 444 g/mol. The number of benzene rings is 2. The van der Waals surface area contributed by atoms with Gasteiger partial charge in [0.15, 0.2) is 11.5 Å². The second kappa shape index (κ2) is 9.20. The Labute approximate surface area is 169 Å². The Kier molecular flexibility index (Phi) is 6.46. The van der Waals surface area contributed by atoms with Crippen LogP contribution in [-0.2, 0) is 4.79 Å². The molecule has 28 heavy (non-hydrogen) atoms. The average Bonchev–Trinajstić information content (AvgIpc) is 3.16. The summed E-state index contributed by atoms with van der Waals surface area (Å²) in [4.78, 5) is 23.3. The number of fused-ring (bicyclic) bond motifs is 1. The molecule has 0 aliphatic carbocycles. The number of hydroxylamine groups is 1. The van der Waals surface area contributed by atoms with Gasteiger partial charge in [0.1, 0.15) is 0 Å². The molecule has 0 saturated heterocycles. The van der Waals surface area contributed by atoms with Crippen molar-refractivity contribution in [2.75, 3.05) is 13.3 Å². The van der Waals surface area contributed by atoms with E-state index in [1.165, 1.54) is 17.6 Å². The first kappa shape index (κ1) is 19.7. The van der Waals surface area contributed by atoms with Crippen molar-refractivity contribution in [3.63, 3.8) is 0 Å². The molecule has 0 fully saturated rings. The lowest BCUT2D eigenvalue weighted by Gasteiger charge is -2.04. The SMILES string of the molecule is O=C(C=Cc1cccc(C(=O)NCC=Cc2cc3c(cc2Br)OCO3)c1)NO. The molecule has 0 spiro atoms. The molecule has 1 heterocycles. The molecule has 1 aliphatic rings. The summed E-state index contributed by atoms with van der Waals surface area (Å²) in [6, 6.07) is 10.5. The van der Waals surface area contributed by atoms with Crippen molar-refractivity contribution in [3.8, 4) is 11.5 Å². The van der Waals surface area contributed by atoms with Crippen molar-refractivity contribution in [1.82, 2.24) is 10.8 Å². The van der Waals surface area contributed by atoms with Gasteiger partial charge in [-0.2, -0.15) is 0 Å². The van der Waals surface area contributed by atoms with Gasteiger partial charge in [0.05, 0.1) is 0 Å². The predicted molar refractivity (Wildman–Crippen MR) is 107 cm³/mol. The second-order valence-electron chi connectivity index (χ2n) is 5.77. The van der Waals surface area contributed by atoms with Crippen LogP contribution >= 0.6 is 15.9 Å². The molecule has 0 saturated carbocycles. The highest BCUT2D eigenvalue weighted by Gasteiger charge is 2.15. The number of carbonyl (C=O) groups excluding carboxylic acids is 2. The minimum atomic E-state index is -0.644. The molecule has 8 heteroatoms. The summed E-state index contributed by atoms with van der Waals surface area (Å²) in [5.41, 5.74) is 3.54. The molecule has 0 atom stereocenters. The maximum absolute atomic E-state index is 12.3. The number of carbonyl (C=O) groups is 2. The summed E-state index contributed by atoms with van der Waals surface area (Å²) in [6.45, 7) is 0.552. The summed E-state index contributed by atoms with van der Waals surface area (Å²) < 4.78 is 11.5. The molecule has 1 aliphatic heterocycles. The Hall–Kier alpha value is -3.10. The average molecular weight is 445 g/mol. The van der Waals surface area contributed by atoms with Crippen molar-refractivity contribution >= 4 is 39.9 Å². The van der Waals surface area contributed by atoms with Crippen LogP contribution in [0.15, 0.2) is 53.0 Å². The third-order valence-electron chi connectivity index (χ3n) is 3.86. The Morgan fingerprint density at radius 1 is 1.14 bits per heavy atom. The zero-order valence-electron chi connectivity index (χ0n) is 14.6. The van der Waals surface area contributed by atoms with Gasteiger partial charge in [-0.25, -0.2) is 5.48 Å². The van der Waals surface area contributed by atoms with Crippen LogP contribution in [0.5, 0.6) is 11.5 Å². The number of rotatable bonds is 6. The lowest BCUT2D eigenvalue weighted by Crippen LogP contribution is -2.23. The van der Waals surface area contributed by atoms with Gasteiger partial charge in [0.25, 0.3) is 11.8 Å². The molecular weight excluding hydrogens is 428 g/mol. The Balaban J connectivity index is 1.58. The standard InChI is InChI=1S/C20H17BrN2O5/c21-16-11-18-17(27-12-28-18)10-14(16)5-2-8-22-20(25)15-4-1-3-13(9-15)6-7-19(24)23-26/h1-7,9-11,26H,8,12H2,(H,22,25)(H,23,24). The molecule has 3 N–H and O–H groups in total. The first-order chi connectivity index (χ1) is 13.6. The maximum atomic E-state index is 12.3. The van der Waals surface area contributed by atoms with Crippen LogP contribution in [0.4, 0.5) is 0 Å². The first-order valence-electron chi connectivity index (χ1n) is 8.33. The molecule has 7 nitrogen and oxygen atoms in total. The van der Waals surface area contributed by atoms with E-state index in [0.717, 1.165) is 10.0 Å². The lowest BCUT2D eigenvalue weighted by atomic mass is 10.1. The van der Waals surface area contributed by atoms with Crippen molar-refractivity contribution in [2.24, 2.45) is 0 Å². The van der Waals surface area contributed by atoms with Crippen molar-refractivity contribution in [1.29, 1.82) is 0 Å². The highest BCUT2D eigenvalue weighted by molar-refractivity contribution is 9.10. The van der Waals surface area contributed by atoms with Crippen LogP contribution in [0.2, 0.25) is 0 Å². The Morgan fingerprint density at radius 3 is 2.71 bits per heavy atom. The Morgan fingerprint density at radius 2 is 1.93 bits per heavy atom. The molecule has 3 rings (SSSR count). The van der Waals surface area contributed by atoms with Gasteiger partial charge in [-0.05, 0) is 41.5 Å². The zero-order valence-corrected chi connectivity index (χ0v) is 16.2. The fraction of sp³-hybridized carbons (Fsp3) is 0.100. The highest BCUT2D eigenvalue weighted by Crippen LogP contribution is 2.37. The fourth-order valence-electron chi connectivity index (χ4n) is 2.49. The van der Waals surface area contributed by atoms with Gasteiger partial charge in [-0.1, -0.05) is 40.2 Å². The Bertz CT molecular complexity index is 956. The van der Waals surface area contributed by atoms with Crippen molar-refractivity contribution < 1.29 is 24.3 Å². The van der Waals surface area contributed by atoms with Crippen LogP contribution < -0.4 is 20.3 Å². The number of halogens is 1. The van der Waals surface area contributed by atoms with Gasteiger partial charge in [0.2, 0.25) is 6.79 Å². The summed E-state index contributed by atoms with van der Waals surface area (Å²) >= 11 is 3.48. The van der Waals surface area contributed by atoms with Gasteiger partial charge in [-0.15, -0.1) is 0 Å². The van der Waals surface area contributed by atoms with E-state index in [4.69, 9.17) is 14.7 Å². The van der Waals surface area contributed by atoms with E-state index in [1.807, 2.05) is 24.3 Å². The van der Waals surface area contributed by atoms with E-state index in [-0.39, 0.29) is 12.7 Å². The van der Waals surface area contributed by atoms with Gasteiger partial charge < -0.3 is 14.8 Å². The number of amides is 2. The minimum Gasteiger partial charge on any atom is -0.454 e. The first-order valence-corrected chi connectivity index (χ1v) is 9.12. The predicted octanol–water partition coefficient (Wildman–Crippen LogP) is 3.14. The smallest absolute Gasteiger partial charge is 0.267 e. The largest absolute Gasteiger partial charge is 0.454 e. The molecule has 144 valence electrons. The van der Waals surface area contributed by atoms with Gasteiger partial charge in [-0.3, -0.25) is 14.8 Å². The van der Waals surface area contributed by atoms with Gasteiger partial charge >= 0.3 is 0 Å². The van der Waals surface area contributed by atoms with Crippen molar-refractivity contribution in [3.05, 3.63) is 69.7 Å². The number of hydrogen-bond acceptors (Lipinski definition) is 5. The van der Waals surface area contributed by atoms with Crippen LogP contribution in [-0.4, -0.2) is 30.4 Å². The van der Waals surface area contributed by atoms with E-state index in [1.54, 1.807) is 24.3 Å². The van der Waals surface area contributed by atoms with Crippen LogP contribution in [0.25, 0.3) is 12.2 Å². The molecule has 2 aromatic rings. The number of ether oxygens (including phenoxy) is 2. The van der Waals surface area contributed by atoms with Crippen LogP contribution in [0, 0.1) is 0 Å². The quantitative estimate of drug-likeness (QED) is 0.361. The summed E-state index contributed by atoms with van der Waals surface area (Å²) in [5, 5.41) is 11.3. The molecule has 0 radical (unpaired) electrons. The van der Waals surface area contributed by atoms with E-state index in [0.29, 0.717) is 29.2 Å². The molecule has 2 amide bonds. The third-order valence-corrected chi connectivity index (χ3v) is 4.54. The van der Waals surface area contributed by atoms with Crippen molar-refractivity contribution in [2.45, 2.75) is 0 Å². The van der Waals surface area contributed by atoms with E-state index in [2.05, 4.69) is 21.2 Å². The molecule has 2 aromatic carbocycles. The zero-order chi connectivity index (χ0) is 19.9. The second-order valence-corrected chi connectivity index (χ2v) is 6.63. The fourth-order valence-corrected chi connectivity index (χ4v) is 2.95. The minimum absolute atomic E-state index is 0.212. The lowest BCUT2D eigenvalue weighted by molar-refractivity contribution is -0.124. The maximum Gasteiger partial charge on any atom is 0.267 e. The third kappa shape index (κ3) is 4.99. The molecule has 0 unspecified atom stereocenters. The summed E-state index contributed by atoms with van der Waals surface area (Å²) in [5.74, 6) is 0.500. The summed E-state index contributed by atoms with van der Waals surface area (Å²) in [7, 11) is 0. The highest BCUT2D eigenvalue weighted by atomic mass is 79.9. The van der Waals surface area contributed by atoms with E-state index in [9.17, 15) is 9.59 Å². The number of nitrogens with one attached hydrogen (secondary N) is 2. The topological polar surface area (TPSA) is 96.9 Å².